The van der Waals surface area contributed by atoms with E-state index in [1.807, 2.05) is 24.3 Å². The predicted octanol–water partition coefficient (Wildman–Crippen LogP) is 10.2. The summed E-state index contributed by atoms with van der Waals surface area (Å²) in [5.41, 5.74) is 4.62. The van der Waals surface area contributed by atoms with Gasteiger partial charge in [0.15, 0.2) is 11.6 Å². The average molecular weight is 501 g/mol. The lowest BCUT2D eigenvalue weighted by Gasteiger charge is -2.34. The van der Waals surface area contributed by atoms with Crippen LogP contribution in [-0.2, 0) is 6.42 Å². The van der Waals surface area contributed by atoms with Crippen molar-refractivity contribution in [3.05, 3.63) is 102 Å². The zero-order chi connectivity index (χ0) is 25.9. The lowest BCUT2D eigenvalue weighted by Crippen LogP contribution is -2.22. The number of allylic oxidation sites excluding steroid dienone is 3. The highest BCUT2D eigenvalue weighted by Gasteiger charge is 2.28. The Labute approximate surface area is 218 Å². The summed E-state index contributed by atoms with van der Waals surface area (Å²) in [5, 5.41) is 0. The van der Waals surface area contributed by atoms with Crippen molar-refractivity contribution in [2.24, 2.45) is 17.8 Å². The van der Waals surface area contributed by atoms with E-state index in [9.17, 15) is 8.78 Å². The first kappa shape index (κ1) is 25.6. The first-order valence-corrected chi connectivity index (χ1v) is 13.7. The molecular weight excluding hydrogens is 465 g/mol. The van der Waals surface area contributed by atoms with Gasteiger partial charge in [-0.2, -0.15) is 0 Å². The molecule has 2 aliphatic rings. The van der Waals surface area contributed by atoms with Crippen molar-refractivity contribution in [2.75, 3.05) is 0 Å². The molecule has 192 valence electrons. The van der Waals surface area contributed by atoms with E-state index >= 15 is 4.39 Å². The summed E-state index contributed by atoms with van der Waals surface area (Å²) < 4.78 is 44.0. The van der Waals surface area contributed by atoms with E-state index < -0.39 is 11.6 Å². The Balaban J connectivity index is 1.28. The summed E-state index contributed by atoms with van der Waals surface area (Å²) in [6, 6.07) is 15.9. The fourth-order valence-electron chi connectivity index (χ4n) is 6.26. The van der Waals surface area contributed by atoms with E-state index in [0.717, 1.165) is 41.9 Å². The van der Waals surface area contributed by atoms with Crippen molar-refractivity contribution in [3.63, 3.8) is 0 Å². The third-order valence-corrected chi connectivity index (χ3v) is 8.66. The third kappa shape index (κ3) is 5.32. The zero-order valence-corrected chi connectivity index (χ0v) is 21.6. The fourth-order valence-corrected chi connectivity index (χ4v) is 6.26. The summed E-state index contributed by atoms with van der Waals surface area (Å²) in [6.45, 7) is 5.76. The number of hydrogen-bond donors (Lipinski definition) is 0. The molecule has 0 heterocycles. The second-order valence-electron chi connectivity index (χ2n) is 10.7. The first-order valence-electron chi connectivity index (χ1n) is 13.7. The summed E-state index contributed by atoms with van der Waals surface area (Å²) in [4.78, 5) is 0. The van der Waals surface area contributed by atoms with Crippen LogP contribution < -0.4 is 0 Å². The molecule has 3 aromatic carbocycles. The average Bonchev–Trinajstić information content (AvgIpc) is 2.95. The van der Waals surface area contributed by atoms with Crippen molar-refractivity contribution in [2.45, 2.75) is 58.3 Å². The minimum Gasteiger partial charge on any atom is -0.206 e. The molecule has 1 fully saturated rings. The van der Waals surface area contributed by atoms with Crippen molar-refractivity contribution in [1.82, 2.24) is 0 Å². The van der Waals surface area contributed by atoms with Crippen LogP contribution in [0.4, 0.5) is 13.2 Å². The van der Waals surface area contributed by atoms with Gasteiger partial charge < -0.3 is 0 Å². The lowest BCUT2D eigenvalue weighted by molar-refractivity contribution is 0.212. The highest BCUT2D eigenvalue weighted by atomic mass is 19.2. The van der Waals surface area contributed by atoms with Gasteiger partial charge in [0.2, 0.25) is 0 Å². The van der Waals surface area contributed by atoms with E-state index in [2.05, 4.69) is 18.7 Å². The smallest absolute Gasteiger partial charge is 0.166 e. The molecular formula is C34H35F3. The van der Waals surface area contributed by atoms with Crippen LogP contribution in [0.5, 0.6) is 0 Å². The van der Waals surface area contributed by atoms with Gasteiger partial charge in [0.05, 0.1) is 0 Å². The van der Waals surface area contributed by atoms with Gasteiger partial charge in [-0.25, -0.2) is 13.2 Å². The Bertz CT molecular complexity index is 1290. The molecule has 37 heavy (non-hydrogen) atoms. The van der Waals surface area contributed by atoms with E-state index in [-0.39, 0.29) is 11.4 Å². The Hall–Kier alpha value is -3.07. The number of rotatable bonds is 6. The zero-order valence-electron chi connectivity index (χ0n) is 21.6. The molecule has 0 radical (unpaired) electrons. The van der Waals surface area contributed by atoms with Crippen LogP contribution in [0.1, 0.15) is 63.0 Å². The molecule has 0 amide bonds. The second-order valence-corrected chi connectivity index (χ2v) is 10.7. The molecule has 5 rings (SSSR count). The second kappa shape index (κ2) is 11.1. The summed E-state index contributed by atoms with van der Waals surface area (Å²) in [6.07, 6.45) is 13.0. The van der Waals surface area contributed by atoms with E-state index in [1.54, 1.807) is 37.3 Å². The largest absolute Gasteiger partial charge is 0.206 e. The van der Waals surface area contributed by atoms with Crippen LogP contribution in [0.25, 0.3) is 27.8 Å². The summed E-state index contributed by atoms with van der Waals surface area (Å²) in [5.74, 6) is 0.373. The molecule has 0 bridgehead atoms. The van der Waals surface area contributed by atoms with Gasteiger partial charge in [-0.15, -0.1) is 6.58 Å². The molecule has 2 aliphatic carbocycles. The van der Waals surface area contributed by atoms with E-state index in [0.29, 0.717) is 34.9 Å². The maximum Gasteiger partial charge on any atom is 0.166 e. The van der Waals surface area contributed by atoms with Gasteiger partial charge in [0, 0.05) is 11.1 Å². The first-order chi connectivity index (χ1) is 18.0. The molecule has 0 aliphatic heterocycles. The van der Waals surface area contributed by atoms with Gasteiger partial charge in [-0.3, -0.25) is 0 Å². The SMILES string of the molecule is C=CC1CCC(C2CC=C(c3ccc(-c4ccc(-c5ccc(CC)c(F)c5F)cc4)cc3F)CC2)CC1. The maximum absolute atomic E-state index is 15.2. The topological polar surface area (TPSA) is 0 Å². The van der Waals surface area contributed by atoms with Crippen LogP contribution in [0.15, 0.2) is 73.3 Å². The van der Waals surface area contributed by atoms with Crippen molar-refractivity contribution >= 4 is 5.57 Å². The number of hydrogen-bond acceptors (Lipinski definition) is 0. The molecule has 0 saturated heterocycles. The molecule has 1 saturated carbocycles. The number of benzene rings is 3. The number of halogens is 3. The van der Waals surface area contributed by atoms with Gasteiger partial charge in [-0.05, 0) is 103 Å². The predicted molar refractivity (Wildman–Crippen MR) is 148 cm³/mol. The standard InChI is InChI=1S/C34H35F3/c1-3-22-5-7-24(8-6-22)25-9-13-27(14-10-25)30-19-18-29(21-32(30)35)26-11-15-28(16-12-26)31-20-17-23(4-2)33(36)34(31)37/h3,11-13,15-22,24-25H,1,4-10,14H2,2H3. The minimum atomic E-state index is -0.824. The Kier molecular flexibility index (Phi) is 7.69. The van der Waals surface area contributed by atoms with Crippen LogP contribution in [0.2, 0.25) is 0 Å². The third-order valence-electron chi connectivity index (χ3n) is 8.66. The highest BCUT2D eigenvalue weighted by Crippen LogP contribution is 2.42. The van der Waals surface area contributed by atoms with Crippen molar-refractivity contribution in [3.8, 4) is 22.3 Å². The lowest BCUT2D eigenvalue weighted by atomic mass is 9.71. The molecule has 3 aromatic rings. The van der Waals surface area contributed by atoms with Gasteiger partial charge in [-0.1, -0.05) is 67.6 Å². The van der Waals surface area contributed by atoms with E-state index in [1.165, 1.54) is 25.7 Å². The molecule has 0 aromatic heterocycles. The summed E-state index contributed by atoms with van der Waals surface area (Å²) in [7, 11) is 0. The van der Waals surface area contributed by atoms with Gasteiger partial charge in [0.1, 0.15) is 5.82 Å². The normalized spacial score (nSPS) is 21.9. The quantitative estimate of drug-likeness (QED) is 0.295. The van der Waals surface area contributed by atoms with Crippen LogP contribution in [0, 0.1) is 35.2 Å². The molecule has 1 unspecified atom stereocenters. The molecule has 0 N–H and O–H groups in total. The highest BCUT2D eigenvalue weighted by molar-refractivity contribution is 5.74. The van der Waals surface area contributed by atoms with Gasteiger partial charge >= 0.3 is 0 Å². The van der Waals surface area contributed by atoms with Gasteiger partial charge in [0.25, 0.3) is 0 Å². The van der Waals surface area contributed by atoms with Crippen LogP contribution in [0.3, 0.4) is 0 Å². The molecule has 0 nitrogen and oxygen atoms in total. The van der Waals surface area contributed by atoms with Crippen molar-refractivity contribution < 1.29 is 13.2 Å². The monoisotopic (exact) mass is 500 g/mol. The molecule has 0 spiro atoms. The van der Waals surface area contributed by atoms with Crippen LogP contribution in [-0.4, -0.2) is 0 Å². The van der Waals surface area contributed by atoms with Crippen molar-refractivity contribution in [1.29, 1.82) is 0 Å². The summed E-state index contributed by atoms with van der Waals surface area (Å²) >= 11 is 0. The maximum atomic E-state index is 15.2. The van der Waals surface area contributed by atoms with E-state index in [4.69, 9.17) is 0 Å². The Morgan fingerprint density at radius 2 is 1.43 bits per heavy atom. The minimum absolute atomic E-state index is 0.207. The number of aryl methyl sites for hydroxylation is 1. The fraction of sp³-hybridized carbons (Fsp3) is 0.353. The molecule has 3 heteroatoms. The Morgan fingerprint density at radius 1 is 0.757 bits per heavy atom. The molecule has 1 atom stereocenters. The Morgan fingerprint density at radius 3 is 2.05 bits per heavy atom. The van der Waals surface area contributed by atoms with Crippen LogP contribution >= 0.6 is 0 Å².